The highest BCUT2D eigenvalue weighted by Gasteiger charge is 2.34. The Balaban J connectivity index is 1.33. The summed E-state index contributed by atoms with van der Waals surface area (Å²) in [7, 11) is 0. The van der Waals surface area contributed by atoms with Crippen LogP contribution in [0.1, 0.15) is 69.2 Å². The maximum atomic E-state index is 12.3. The Morgan fingerprint density at radius 1 is 0.871 bits per heavy atom. The highest BCUT2D eigenvalue weighted by molar-refractivity contribution is 6.21. The predicted molar refractivity (Wildman–Crippen MR) is 117 cm³/mol. The van der Waals surface area contributed by atoms with Crippen LogP contribution < -0.4 is 10.6 Å². The van der Waals surface area contributed by atoms with Gasteiger partial charge in [0.25, 0.3) is 17.7 Å². The first-order chi connectivity index (χ1) is 14.9. The molecule has 0 aromatic heterocycles. The van der Waals surface area contributed by atoms with Gasteiger partial charge in [-0.05, 0) is 42.2 Å². The predicted octanol–water partition coefficient (Wildman–Crippen LogP) is 2.73. The Morgan fingerprint density at radius 3 is 2.03 bits per heavy atom. The number of imide groups is 1. The van der Waals surface area contributed by atoms with Crippen LogP contribution in [0.5, 0.6) is 0 Å². The summed E-state index contributed by atoms with van der Waals surface area (Å²) in [5, 5.41) is 5.51. The number of nitrogens with one attached hydrogen (secondary N) is 2. The van der Waals surface area contributed by atoms with Crippen molar-refractivity contribution in [2.75, 3.05) is 19.6 Å². The van der Waals surface area contributed by atoms with Gasteiger partial charge in [-0.1, -0.05) is 38.1 Å². The lowest BCUT2D eigenvalue weighted by molar-refractivity contribution is -0.121. The Kier molecular flexibility index (Phi) is 7.18. The molecule has 0 atom stereocenters. The molecule has 0 bridgehead atoms. The van der Waals surface area contributed by atoms with Gasteiger partial charge in [-0.3, -0.25) is 24.1 Å². The van der Waals surface area contributed by atoms with Crippen molar-refractivity contribution in [1.82, 2.24) is 15.5 Å². The smallest absolute Gasteiger partial charge is 0.261 e. The molecule has 1 aliphatic heterocycles. The van der Waals surface area contributed by atoms with Crippen molar-refractivity contribution in [3.05, 3.63) is 70.8 Å². The number of nitrogens with zero attached hydrogens (tertiary/aromatic N) is 1. The first-order valence-electron chi connectivity index (χ1n) is 10.5. The van der Waals surface area contributed by atoms with E-state index in [4.69, 9.17) is 0 Å². The molecule has 0 spiro atoms. The molecule has 3 rings (SSSR count). The van der Waals surface area contributed by atoms with Crippen molar-refractivity contribution < 1.29 is 19.2 Å². The number of hydrogen-bond acceptors (Lipinski definition) is 4. The molecule has 1 aliphatic rings. The van der Waals surface area contributed by atoms with E-state index in [1.165, 1.54) is 10.5 Å². The molecule has 7 nitrogen and oxygen atoms in total. The summed E-state index contributed by atoms with van der Waals surface area (Å²) in [6.45, 7) is 5.01. The van der Waals surface area contributed by atoms with E-state index >= 15 is 0 Å². The van der Waals surface area contributed by atoms with Crippen molar-refractivity contribution in [3.63, 3.8) is 0 Å². The van der Waals surface area contributed by atoms with E-state index in [0.717, 1.165) is 0 Å². The molecule has 0 saturated heterocycles. The van der Waals surface area contributed by atoms with E-state index < -0.39 is 0 Å². The van der Waals surface area contributed by atoms with Gasteiger partial charge in [0.2, 0.25) is 5.91 Å². The molecule has 2 aromatic carbocycles. The summed E-state index contributed by atoms with van der Waals surface area (Å²) in [5.74, 6) is -0.595. The number of rotatable bonds is 9. The molecule has 0 saturated carbocycles. The topological polar surface area (TPSA) is 95.6 Å². The fourth-order valence-corrected chi connectivity index (χ4v) is 3.43. The lowest BCUT2D eigenvalue weighted by Crippen LogP contribution is -2.35. The molecule has 0 radical (unpaired) electrons. The number of amides is 4. The summed E-state index contributed by atoms with van der Waals surface area (Å²) in [5.41, 5.74) is 2.57. The summed E-state index contributed by atoms with van der Waals surface area (Å²) >= 11 is 0. The zero-order chi connectivity index (χ0) is 22.4. The second kappa shape index (κ2) is 10.0. The molecule has 0 aliphatic carbocycles. The number of hydrogen-bond donors (Lipinski definition) is 2. The summed E-state index contributed by atoms with van der Waals surface area (Å²) in [6, 6.07) is 14.2. The molecular weight excluding hydrogens is 394 g/mol. The van der Waals surface area contributed by atoms with Crippen LogP contribution in [0.3, 0.4) is 0 Å². The monoisotopic (exact) mass is 421 g/mol. The van der Waals surface area contributed by atoms with Crippen LogP contribution in [-0.2, 0) is 4.79 Å². The minimum Gasteiger partial charge on any atom is -0.354 e. The fraction of sp³-hybridized carbons (Fsp3) is 0.333. The van der Waals surface area contributed by atoms with Crippen molar-refractivity contribution in [2.45, 2.75) is 32.6 Å². The normalized spacial score (nSPS) is 12.8. The maximum Gasteiger partial charge on any atom is 0.261 e. The summed E-state index contributed by atoms with van der Waals surface area (Å²) in [6.07, 6.45) is 0.573. The quantitative estimate of drug-likeness (QED) is 0.481. The fourth-order valence-electron chi connectivity index (χ4n) is 3.43. The maximum absolute atomic E-state index is 12.3. The van der Waals surface area contributed by atoms with Crippen LogP contribution >= 0.6 is 0 Å². The van der Waals surface area contributed by atoms with Crippen LogP contribution in [0.4, 0.5) is 0 Å². The average molecular weight is 421 g/mol. The number of carbonyl (C=O) groups is 4. The van der Waals surface area contributed by atoms with Gasteiger partial charge in [0, 0.05) is 31.6 Å². The van der Waals surface area contributed by atoms with Crippen LogP contribution in [0.25, 0.3) is 0 Å². The second-order valence-electron chi connectivity index (χ2n) is 7.79. The first kappa shape index (κ1) is 22.2. The van der Waals surface area contributed by atoms with E-state index in [1.54, 1.807) is 36.4 Å². The molecule has 162 valence electrons. The number of benzene rings is 2. The molecule has 2 N–H and O–H groups in total. The standard InChI is InChI=1S/C24H27N3O4/c1-16(2)17-9-11-18(12-10-17)22(29)26-14-13-25-21(28)8-5-15-27-23(30)19-6-3-4-7-20(19)24(27)31/h3-4,6-7,9-12,16H,5,8,13-15H2,1-2H3,(H,25,28)(H,26,29). The van der Waals surface area contributed by atoms with E-state index in [9.17, 15) is 19.2 Å². The van der Waals surface area contributed by atoms with E-state index in [1.807, 2.05) is 12.1 Å². The third kappa shape index (κ3) is 5.36. The van der Waals surface area contributed by atoms with Gasteiger partial charge < -0.3 is 10.6 Å². The highest BCUT2D eigenvalue weighted by atomic mass is 16.2. The Bertz CT molecular complexity index is 948. The van der Waals surface area contributed by atoms with Gasteiger partial charge in [0.05, 0.1) is 11.1 Å². The van der Waals surface area contributed by atoms with Gasteiger partial charge in [0.1, 0.15) is 0 Å². The third-order valence-corrected chi connectivity index (χ3v) is 5.24. The Labute approximate surface area is 181 Å². The van der Waals surface area contributed by atoms with E-state index in [-0.39, 0.29) is 36.6 Å². The minimum atomic E-state index is -0.315. The zero-order valence-corrected chi connectivity index (χ0v) is 17.8. The minimum absolute atomic E-state index is 0.185. The van der Waals surface area contributed by atoms with Gasteiger partial charge in [-0.2, -0.15) is 0 Å². The zero-order valence-electron chi connectivity index (χ0n) is 17.8. The van der Waals surface area contributed by atoms with Gasteiger partial charge >= 0.3 is 0 Å². The van der Waals surface area contributed by atoms with Crippen LogP contribution in [0, 0.1) is 0 Å². The van der Waals surface area contributed by atoms with Crippen molar-refractivity contribution >= 4 is 23.6 Å². The third-order valence-electron chi connectivity index (χ3n) is 5.24. The molecule has 4 amide bonds. The van der Waals surface area contributed by atoms with Crippen LogP contribution in [0.2, 0.25) is 0 Å². The van der Waals surface area contributed by atoms with Gasteiger partial charge in [0.15, 0.2) is 0 Å². The highest BCUT2D eigenvalue weighted by Crippen LogP contribution is 2.22. The first-order valence-corrected chi connectivity index (χ1v) is 10.5. The lowest BCUT2D eigenvalue weighted by atomic mass is 10.0. The Morgan fingerprint density at radius 2 is 1.45 bits per heavy atom. The summed E-state index contributed by atoms with van der Waals surface area (Å²) < 4.78 is 0. The molecular formula is C24H27N3O4. The number of carbonyl (C=O) groups excluding carboxylic acids is 4. The molecule has 2 aromatic rings. The SMILES string of the molecule is CC(C)c1ccc(C(=O)NCCNC(=O)CCCN2C(=O)c3ccccc3C2=O)cc1. The second-order valence-corrected chi connectivity index (χ2v) is 7.79. The van der Waals surface area contributed by atoms with Crippen molar-refractivity contribution in [3.8, 4) is 0 Å². The molecule has 0 fully saturated rings. The van der Waals surface area contributed by atoms with Crippen molar-refractivity contribution in [2.24, 2.45) is 0 Å². The van der Waals surface area contributed by atoms with Crippen LogP contribution in [0.15, 0.2) is 48.5 Å². The average Bonchev–Trinajstić information content (AvgIpc) is 3.01. The molecule has 31 heavy (non-hydrogen) atoms. The lowest BCUT2D eigenvalue weighted by Gasteiger charge is -2.13. The van der Waals surface area contributed by atoms with Crippen LogP contribution in [-0.4, -0.2) is 48.2 Å². The Hall–Kier alpha value is -3.48. The van der Waals surface area contributed by atoms with Crippen molar-refractivity contribution in [1.29, 1.82) is 0 Å². The van der Waals surface area contributed by atoms with Gasteiger partial charge in [-0.25, -0.2) is 0 Å². The van der Waals surface area contributed by atoms with E-state index in [2.05, 4.69) is 24.5 Å². The largest absolute Gasteiger partial charge is 0.354 e. The van der Waals surface area contributed by atoms with Gasteiger partial charge in [-0.15, -0.1) is 0 Å². The van der Waals surface area contributed by atoms with E-state index in [0.29, 0.717) is 42.1 Å². The summed E-state index contributed by atoms with van der Waals surface area (Å²) in [4.78, 5) is 49.9. The molecule has 7 heteroatoms. The number of fused-ring (bicyclic) bond motifs is 1. The molecule has 0 unspecified atom stereocenters. The molecule has 1 heterocycles.